The lowest BCUT2D eigenvalue weighted by Crippen LogP contribution is -2.49. The van der Waals surface area contributed by atoms with Gasteiger partial charge in [-0.25, -0.2) is 0 Å². The monoisotopic (exact) mass is 281 g/mol. The zero-order chi connectivity index (χ0) is 14.5. The Morgan fingerprint density at radius 3 is 2.60 bits per heavy atom. The van der Waals surface area contributed by atoms with Crippen LogP contribution in [0.4, 0.5) is 0 Å². The molecule has 0 aliphatic carbocycles. The van der Waals surface area contributed by atoms with Gasteiger partial charge in [0, 0.05) is 38.1 Å². The highest BCUT2D eigenvalue weighted by Gasteiger charge is 2.31. The minimum Gasteiger partial charge on any atom is -0.342 e. The van der Waals surface area contributed by atoms with Crippen LogP contribution in [-0.4, -0.2) is 61.0 Å². The van der Waals surface area contributed by atoms with Crippen LogP contribution in [-0.2, 0) is 4.79 Å². The summed E-state index contributed by atoms with van der Waals surface area (Å²) >= 11 is 0. The molecular formula is C16H31N3O. The third-order valence-corrected chi connectivity index (χ3v) is 4.97. The molecule has 1 amide bonds. The number of likely N-dealkylation sites (tertiary alicyclic amines) is 1. The van der Waals surface area contributed by atoms with Crippen LogP contribution in [0.15, 0.2) is 0 Å². The van der Waals surface area contributed by atoms with Gasteiger partial charge < -0.3 is 15.1 Å². The average molecular weight is 281 g/mol. The predicted octanol–water partition coefficient (Wildman–Crippen LogP) is 1.71. The normalized spacial score (nSPS) is 29.4. The molecule has 20 heavy (non-hydrogen) atoms. The summed E-state index contributed by atoms with van der Waals surface area (Å²) in [5.41, 5.74) is 0. The highest BCUT2D eigenvalue weighted by atomic mass is 16.2. The molecule has 0 saturated carbocycles. The Bertz CT molecular complexity index is 313. The molecule has 0 aromatic carbocycles. The van der Waals surface area contributed by atoms with E-state index in [1.54, 1.807) is 0 Å². The molecule has 2 rings (SSSR count). The number of carbonyl (C=O) groups excluding carboxylic acids is 1. The molecule has 0 radical (unpaired) electrons. The van der Waals surface area contributed by atoms with Crippen molar-refractivity contribution in [3.05, 3.63) is 0 Å². The first kappa shape index (κ1) is 15.8. The Balaban J connectivity index is 1.82. The predicted molar refractivity (Wildman–Crippen MR) is 82.7 cm³/mol. The fourth-order valence-corrected chi connectivity index (χ4v) is 3.67. The van der Waals surface area contributed by atoms with E-state index in [-0.39, 0.29) is 5.92 Å². The Morgan fingerprint density at radius 2 is 2.00 bits per heavy atom. The van der Waals surface area contributed by atoms with Gasteiger partial charge in [-0.3, -0.25) is 4.79 Å². The number of piperidine rings is 2. The van der Waals surface area contributed by atoms with Crippen molar-refractivity contribution in [2.24, 2.45) is 5.92 Å². The van der Waals surface area contributed by atoms with Gasteiger partial charge in [0.05, 0.1) is 0 Å². The van der Waals surface area contributed by atoms with E-state index in [1.165, 1.54) is 13.0 Å². The molecule has 0 aromatic heterocycles. The zero-order valence-corrected chi connectivity index (χ0v) is 13.4. The Kier molecular flexibility index (Phi) is 5.85. The Hall–Kier alpha value is -0.610. The van der Waals surface area contributed by atoms with Gasteiger partial charge in [0.25, 0.3) is 0 Å². The summed E-state index contributed by atoms with van der Waals surface area (Å²) in [5, 5.41) is 3.43. The van der Waals surface area contributed by atoms with Crippen molar-refractivity contribution in [1.82, 2.24) is 15.1 Å². The second-order valence-corrected chi connectivity index (χ2v) is 6.60. The lowest BCUT2D eigenvalue weighted by molar-refractivity contribution is -0.138. The van der Waals surface area contributed by atoms with Gasteiger partial charge in [0.2, 0.25) is 5.91 Å². The molecule has 2 unspecified atom stereocenters. The van der Waals surface area contributed by atoms with Gasteiger partial charge in [0.1, 0.15) is 0 Å². The second-order valence-electron chi connectivity index (χ2n) is 6.60. The van der Waals surface area contributed by atoms with Gasteiger partial charge in [-0.15, -0.1) is 0 Å². The maximum Gasteiger partial charge on any atom is 0.225 e. The molecule has 0 bridgehead atoms. The topological polar surface area (TPSA) is 35.6 Å². The van der Waals surface area contributed by atoms with Gasteiger partial charge in [-0.2, -0.15) is 0 Å². The van der Waals surface area contributed by atoms with E-state index in [9.17, 15) is 4.79 Å². The fraction of sp³-hybridized carbons (Fsp3) is 0.938. The summed E-state index contributed by atoms with van der Waals surface area (Å²) in [6, 6.07) is 0.943. The highest BCUT2D eigenvalue weighted by molar-refractivity contribution is 5.79. The first-order valence-electron chi connectivity index (χ1n) is 8.34. The van der Waals surface area contributed by atoms with Crippen molar-refractivity contribution < 1.29 is 4.79 Å². The smallest absolute Gasteiger partial charge is 0.225 e. The Morgan fingerprint density at radius 1 is 1.30 bits per heavy atom. The molecule has 2 fully saturated rings. The molecule has 2 atom stereocenters. The summed E-state index contributed by atoms with van der Waals surface area (Å²) in [4.78, 5) is 17.2. The Labute approximate surface area is 123 Å². The molecule has 2 heterocycles. The van der Waals surface area contributed by atoms with E-state index in [0.717, 1.165) is 45.3 Å². The van der Waals surface area contributed by atoms with Crippen LogP contribution < -0.4 is 5.32 Å². The quantitative estimate of drug-likeness (QED) is 0.852. The average Bonchev–Trinajstić information content (AvgIpc) is 2.47. The standard InChI is InChI=1S/C16H31N3O/c1-4-9-19-10-6-15(7-11-19)18(3)16(20)14-5-8-17-13(2)12-14/h13-15,17H,4-12H2,1-3H3. The third-order valence-electron chi connectivity index (χ3n) is 4.97. The largest absolute Gasteiger partial charge is 0.342 e. The van der Waals surface area contributed by atoms with Crippen LogP contribution in [0, 0.1) is 5.92 Å². The molecule has 2 saturated heterocycles. The molecule has 4 nitrogen and oxygen atoms in total. The minimum atomic E-state index is 0.241. The third kappa shape index (κ3) is 3.95. The number of amides is 1. The van der Waals surface area contributed by atoms with Crippen LogP contribution in [0.1, 0.15) is 46.0 Å². The number of carbonyl (C=O) groups is 1. The number of hydrogen-bond acceptors (Lipinski definition) is 3. The highest BCUT2D eigenvalue weighted by Crippen LogP contribution is 2.22. The van der Waals surface area contributed by atoms with E-state index in [1.807, 2.05) is 7.05 Å². The van der Waals surface area contributed by atoms with E-state index >= 15 is 0 Å². The van der Waals surface area contributed by atoms with Crippen molar-refractivity contribution in [3.8, 4) is 0 Å². The van der Waals surface area contributed by atoms with Crippen molar-refractivity contribution in [2.45, 2.75) is 58.0 Å². The molecule has 116 valence electrons. The number of rotatable bonds is 4. The molecule has 0 aromatic rings. The first-order chi connectivity index (χ1) is 9.61. The molecule has 2 aliphatic heterocycles. The SMILES string of the molecule is CCCN1CCC(N(C)C(=O)C2CCNC(C)C2)CC1. The molecule has 1 N–H and O–H groups in total. The van der Waals surface area contributed by atoms with Crippen LogP contribution in [0.5, 0.6) is 0 Å². The summed E-state index contributed by atoms with van der Waals surface area (Å²) in [6.45, 7) is 8.91. The van der Waals surface area contributed by atoms with E-state index < -0.39 is 0 Å². The van der Waals surface area contributed by atoms with E-state index in [2.05, 4.69) is 29.0 Å². The summed E-state index contributed by atoms with van der Waals surface area (Å²) in [6.07, 6.45) is 5.51. The number of hydrogen-bond donors (Lipinski definition) is 1. The molecular weight excluding hydrogens is 250 g/mol. The lowest BCUT2D eigenvalue weighted by atomic mass is 9.91. The minimum absolute atomic E-state index is 0.241. The molecule has 2 aliphatic rings. The van der Waals surface area contributed by atoms with Crippen LogP contribution in [0.2, 0.25) is 0 Å². The van der Waals surface area contributed by atoms with Gasteiger partial charge in [-0.1, -0.05) is 6.92 Å². The summed E-state index contributed by atoms with van der Waals surface area (Å²) < 4.78 is 0. The van der Waals surface area contributed by atoms with Crippen LogP contribution in [0.25, 0.3) is 0 Å². The maximum atomic E-state index is 12.6. The summed E-state index contributed by atoms with van der Waals surface area (Å²) in [7, 11) is 2.02. The van der Waals surface area contributed by atoms with E-state index in [4.69, 9.17) is 0 Å². The molecule has 0 spiro atoms. The van der Waals surface area contributed by atoms with Gasteiger partial charge >= 0.3 is 0 Å². The molecule has 4 heteroatoms. The van der Waals surface area contributed by atoms with Gasteiger partial charge in [0.15, 0.2) is 0 Å². The zero-order valence-electron chi connectivity index (χ0n) is 13.4. The van der Waals surface area contributed by atoms with Crippen LogP contribution >= 0.6 is 0 Å². The van der Waals surface area contributed by atoms with E-state index in [0.29, 0.717) is 18.0 Å². The lowest BCUT2D eigenvalue weighted by Gasteiger charge is -2.39. The van der Waals surface area contributed by atoms with Crippen molar-refractivity contribution in [3.63, 3.8) is 0 Å². The maximum absolute atomic E-state index is 12.6. The van der Waals surface area contributed by atoms with Crippen molar-refractivity contribution in [2.75, 3.05) is 33.2 Å². The fourth-order valence-electron chi connectivity index (χ4n) is 3.67. The number of nitrogens with zero attached hydrogens (tertiary/aromatic N) is 2. The van der Waals surface area contributed by atoms with Crippen molar-refractivity contribution >= 4 is 5.91 Å². The first-order valence-corrected chi connectivity index (χ1v) is 8.34. The number of nitrogens with one attached hydrogen (secondary N) is 1. The summed E-state index contributed by atoms with van der Waals surface area (Å²) in [5.74, 6) is 0.622. The van der Waals surface area contributed by atoms with Crippen LogP contribution in [0.3, 0.4) is 0 Å². The van der Waals surface area contributed by atoms with Crippen molar-refractivity contribution in [1.29, 1.82) is 0 Å². The second kappa shape index (κ2) is 7.41. The van der Waals surface area contributed by atoms with Gasteiger partial charge in [-0.05, 0) is 52.1 Å².